The van der Waals surface area contributed by atoms with Crippen LogP contribution in [0.4, 0.5) is 0 Å². The fourth-order valence-electron chi connectivity index (χ4n) is 2.56. The standard InChI is InChI=1S/C19H17N5O4/c1-12(22-23-16(25)14-7-9-20-10-8-14)15-17(26)21-19(28)24(18(15)27)11-13-5-3-2-4-6-13/h2-10,27H,11H2,1H3,(H,23,25)(H,21,26,28). The van der Waals surface area contributed by atoms with Gasteiger partial charge in [0.2, 0.25) is 5.88 Å². The summed E-state index contributed by atoms with van der Waals surface area (Å²) < 4.78 is 1.02. The summed E-state index contributed by atoms with van der Waals surface area (Å²) in [6.45, 7) is 1.50. The van der Waals surface area contributed by atoms with Crippen LogP contribution in [0.5, 0.6) is 5.88 Å². The molecule has 0 spiro atoms. The van der Waals surface area contributed by atoms with Gasteiger partial charge in [-0.05, 0) is 24.6 Å². The second kappa shape index (κ2) is 8.12. The van der Waals surface area contributed by atoms with E-state index in [0.717, 1.165) is 10.1 Å². The number of nitrogens with one attached hydrogen (secondary N) is 2. The number of benzene rings is 1. The predicted octanol–water partition coefficient (Wildman–Crippen LogP) is 0.840. The Hall–Kier alpha value is -4.01. The van der Waals surface area contributed by atoms with E-state index >= 15 is 0 Å². The van der Waals surface area contributed by atoms with Crippen LogP contribution in [0.25, 0.3) is 0 Å². The van der Waals surface area contributed by atoms with Gasteiger partial charge in [-0.3, -0.25) is 24.1 Å². The molecule has 0 bridgehead atoms. The van der Waals surface area contributed by atoms with Gasteiger partial charge in [-0.1, -0.05) is 30.3 Å². The normalized spacial score (nSPS) is 11.2. The third-order valence-electron chi connectivity index (χ3n) is 3.98. The first-order chi connectivity index (χ1) is 13.5. The summed E-state index contributed by atoms with van der Waals surface area (Å²) in [5, 5.41) is 14.4. The van der Waals surface area contributed by atoms with E-state index in [1.807, 2.05) is 6.07 Å². The molecule has 0 atom stereocenters. The van der Waals surface area contributed by atoms with Gasteiger partial charge in [0.15, 0.2) is 0 Å². The Kier molecular flexibility index (Phi) is 5.45. The van der Waals surface area contributed by atoms with Gasteiger partial charge >= 0.3 is 5.69 Å². The maximum absolute atomic E-state index is 12.2. The summed E-state index contributed by atoms with van der Waals surface area (Å²) in [6, 6.07) is 12.0. The molecule has 0 saturated heterocycles. The minimum atomic E-state index is -0.800. The molecule has 2 aromatic heterocycles. The second-order valence-electron chi connectivity index (χ2n) is 5.90. The van der Waals surface area contributed by atoms with Crippen molar-refractivity contribution in [2.24, 2.45) is 5.10 Å². The number of hydrogen-bond donors (Lipinski definition) is 3. The van der Waals surface area contributed by atoms with E-state index in [-0.39, 0.29) is 17.8 Å². The minimum absolute atomic E-state index is 0.0444. The minimum Gasteiger partial charge on any atom is -0.494 e. The van der Waals surface area contributed by atoms with Crippen molar-refractivity contribution in [3.05, 3.63) is 92.4 Å². The highest BCUT2D eigenvalue weighted by Crippen LogP contribution is 2.13. The summed E-state index contributed by atoms with van der Waals surface area (Å²) in [4.78, 5) is 42.4. The van der Waals surface area contributed by atoms with Gasteiger partial charge in [-0.2, -0.15) is 5.10 Å². The first-order valence-corrected chi connectivity index (χ1v) is 8.32. The summed E-state index contributed by atoms with van der Waals surface area (Å²) in [7, 11) is 0. The number of rotatable bonds is 5. The summed E-state index contributed by atoms with van der Waals surface area (Å²) in [5.74, 6) is -1.03. The number of hydrogen-bond acceptors (Lipinski definition) is 6. The van der Waals surface area contributed by atoms with E-state index in [4.69, 9.17) is 0 Å². The SMILES string of the molecule is CC(=NNC(=O)c1ccncc1)c1c(O)n(Cc2ccccc2)c(=O)[nH]c1=O. The van der Waals surface area contributed by atoms with Crippen molar-refractivity contribution in [3.63, 3.8) is 0 Å². The van der Waals surface area contributed by atoms with E-state index in [9.17, 15) is 19.5 Å². The van der Waals surface area contributed by atoms with Crippen molar-refractivity contribution in [1.29, 1.82) is 0 Å². The van der Waals surface area contributed by atoms with Crippen LogP contribution in [0.2, 0.25) is 0 Å². The van der Waals surface area contributed by atoms with E-state index < -0.39 is 23.0 Å². The van der Waals surface area contributed by atoms with E-state index in [1.165, 1.54) is 31.5 Å². The zero-order valence-electron chi connectivity index (χ0n) is 14.9. The molecule has 2 heterocycles. The summed E-state index contributed by atoms with van der Waals surface area (Å²) in [6.07, 6.45) is 2.92. The van der Waals surface area contributed by atoms with Crippen molar-refractivity contribution in [1.82, 2.24) is 20.0 Å². The molecule has 0 aliphatic rings. The quantitative estimate of drug-likeness (QED) is 0.447. The Morgan fingerprint density at radius 2 is 1.86 bits per heavy atom. The third-order valence-corrected chi connectivity index (χ3v) is 3.98. The van der Waals surface area contributed by atoms with Gasteiger partial charge in [0.1, 0.15) is 5.56 Å². The predicted molar refractivity (Wildman–Crippen MR) is 102 cm³/mol. The average Bonchev–Trinajstić information content (AvgIpc) is 2.70. The van der Waals surface area contributed by atoms with Crippen molar-refractivity contribution < 1.29 is 9.90 Å². The molecule has 0 aliphatic heterocycles. The lowest BCUT2D eigenvalue weighted by molar-refractivity contribution is 0.0954. The molecule has 9 heteroatoms. The maximum Gasteiger partial charge on any atom is 0.331 e. The highest BCUT2D eigenvalue weighted by Gasteiger charge is 2.17. The average molecular weight is 379 g/mol. The molecule has 3 N–H and O–H groups in total. The van der Waals surface area contributed by atoms with Crippen LogP contribution in [-0.2, 0) is 6.54 Å². The van der Waals surface area contributed by atoms with Gasteiger partial charge in [0.05, 0.1) is 12.3 Å². The molecule has 0 fully saturated rings. The molecule has 1 amide bonds. The van der Waals surface area contributed by atoms with Gasteiger partial charge in [-0.25, -0.2) is 10.2 Å². The van der Waals surface area contributed by atoms with E-state index in [1.54, 1.807) is 24.3 Å². The van der Waals surface area contributed by atoms with E-state index in [2.05, 4.69) is 20.5 Å². The Morgan fingerprint density at radius 3 is 2.54 bits per heavy atom. The number of aromatic hydroxyl groups is 1. The Morgan fingerprint density at radius 1 is 1.18 bits per heavy atom. The largest absolute Gasteiger partial charge is 0.494 e. The Balaban J connectivity index is 1.92. The number of amides is 1. The second-order valence-corrected chi connectivity index (χ2v) is 5.90. The molecule has 28 heavy (non-hydrogen) atoms. The van der Waals surface area contributed by atoms with Crippen LogP contribution in [0.1, 0.15) is 28.4 Å². The smallest absolute Gasteiger partial charge is 0.331 e. The van der Waals surface area contributed by atoms with Crippen LogP contribution in [0.15, 0.2) is 69.5 Å². The van der Waals surface area contributed by atoms with Crippen molar-refractivity contribution >= 4 is 11.6 Å². The van der Waals surface area contributed by atoms with Crippen LogP contribution in [0, 0.1) is 0 Å². The van der Waals surface area contributed by atoms with Crippen LogP contribution < -0.4 is 16.7 Å². The molecule has 0 saturated carbocycles. The highest BCUT2D eigenvalue weighted by atomic mass is 16.3. The molecule has 1 aromatic carbocycles. The van der Waals surface area contributed by atoms with Crippen LogP contribution in [0.3, 0.4) is 0 Å². The molecule has 0 radical (unpaired) electrons. The Labute approximate surface area is 159 Å². The molecule has 3 aromatic rings. The lowest BCUT2D eigenvalue weighted by atomic mass is 10.2. The summed E-state index contributed by atoms with van der Waals surface area (Å²) >= 11 is 0. The van der Waals surface area contributed by atoms with Crippen molar-refractivity contribution in [2.75, 3.05) is 0 Å². The molecule has 0 unspecified atom stereocenters. The van der Waals surface area contributed by atoms with Gasteiger partial charge < -0.3 is 5.11 Å². The molecular weight excluding hydrogens is 362 g/mol. The highest BCUT2D eigenvalue weighted by molar-refractivity contribution is 6.02. The maximum atomic E-state index is 12.2. The number of hydrazone groups is 1. The lowest BCUT2D eigenvalue weighted by Gasteiger charge is -2.11. The van der Waals surface area contributed by atoms with Crippen molar-refractivity contribution in [3.8, 4) is 5.88 Å². The number of carbonyl (C=O) groups is 1. The molecule has 142 valence electrons. The number of aromatic nitrogens is 3. The third kappa shape index (κ3) is 4.04. The lowest BCUT2D eigenvalue weighted by Crippen LogP contribution is -2.34. The first kappa shape index (κ1) is 18.8. The fourth-order valence-corrected chi connectivity index (χ4v) is 2.56. The fraction of sp³-hybridized carbons (Fsp3) is 0.105. The number of nitrogens with zero attached hydrogens (tertiary/aromatic N) is 3. The zero-order chi connectivity index (χ0) is 20.1. The topological polar surface area (TPSA) is 129 Å². The number of aromatic amines is 1. The van der Waals surface area contributed by atoms with Gasteiger partial charge in [0.25, 0.3) is 11.5 Å². The zero-order valence-corrected chi connectivity index (χ0v) is 14.9. The monoisotopic (exact) mass is 379 g/mol. The van der Waals surface area contributed by atoms with E-state index in [0.29, 0.717) is 5.56 Å². The molecule has 9 nitrogen and oxygen atoms in total. The van der Waals surface area contributed by atoms with Crippen molar-refractivity contribution in [2.45, 2.75) is 13.5 Å². The van der Waals surface area contributed by atoms with Gasteiger partial charge in [0, 0.05) is 18.0 Å². The summed E-state index contributed by atoms with van der Waals surface area (Å²) in [5.41, 5.74) is 1.69. The number of carbonyl (C=O) groups excluding carboxylic acids is 1. The van der Waals surface area contributed by atoms with Gasteiger partial charge in [-0.15, -0.1) is 0 Å². The van der Waals surface area contributed by atoms with Crippen LogP contribution in [-0.4, -0.2) is 31.3 Å². The number of pyridine rings is 1. The first-order valence-electron chi connectivity index (χ1n) is 8.32. The number of H-pyrrole nitrogens is 1. The molecule has 3 rings (SSSR count). The Bertz CT molecular complexity index is 1130. The molecule has 0 aliphatic carbocycles. The van der Waals surface area contributed by atoms with Crippen LogP contribution >= 0.6 is 0 Å². The molecular formula is C19H17N5O4.